The Labute approximate surface area is 183 Å². The molecule has 4 rings (SSSR count). The summed E-state index contributed by atoms with van der Waals surface area (Å²) in [6.07, 6.45) is 3.85. The van der Waals surface area contributed by atoms with E-state index in [-0.39, 0.29) is 24.4 Å². The van der Waals surface area contributed by atoms with Crippen LogP contribution in [0.25, 0.3) is 0 Å². The Balaban J connectivity index is 0.00000225. The zero-order valence-electron chi connectivity index (χ0n) is 15.9. The molecular weight excluding hydrogens is 415 g/mol. The lowest BCUT2D eigenvalue weighted by atomic mass is 10.0. The van der Waals surface area contributed by atoms with Crippen molar-refractivity contribution in [3.05, 3.63) is 69.2 Å². The minimum Gasteiger partial charge on any atom is -0.337 e. The van der Waals surface area contributed by atoms with Crippen molar-refractivity contribution >= 4 is 41.5 Å². The molecule has 28 heavy (non-hydrogen) atoms. The van der Waals surface area contributed by atoms with Crippen LogP contribution < -0.4 is 0 Å². The predicted octanol–water partition coefficient (Wildman–Crippen LogP) is 5.18. The van der Waals surface area contributed by atoms with Gasteiger partial charge >= 0.3 is 0 Å². The molecule has 3 nitrogen and oxygen atoms in total. The largest absolute Gasteiger partial charge is 0.337 e. The quantitative estimate of drug-likeness (QED) is 0.655. The Bertz CT molecular complexity index is 851. The summed E-state index contributed by atoms with van der Waals surface area (Å²) in [6.45, 7) is 2.26. The summed E-state index contributed by atoms with van der Waals surface area (Å²) in [6, 6.07) is 14.5. The van der Waals surface area contributed by atoms with Gasteiger partial charge in [-0.15, -0.1) is 12.4 Å². The molecule has 2 unspecified atom stereocenters. The number of rotatable bonds is 4. The SMILES string of the molecule is CN(C(=O)Cc1ccc(Cl)c(Cl)c1)C1c2ccccc2CC1N1CCCC1.Cl. The summed E-state index contributed by atoms with van der Waals surface area (Å²) in [5.41, 5.74) is 3.55. The van der Waals surface area contributed by atoms with Crippen LogP contribution in [0.15, 0.2) is 42.5 Å². The molecule has 1 saturated heterocycles. The molecule has 2 aromatic carbocycles. The first-order chi connectivity index (χ1) is 13.0. The Hall–Kier alpha value is -1.26. The van der Waals surface area contributed by atoms with Crippen LogP contribution in [0.3, 0.4) is 0 Å². The van der Waals surface area contributed by atoms with Crippen LogP contribution in [0.4, 0.5) is 0 Å². The molecular formula is C22H25Cl3N2O. The molecule has 0 N–H and O–H groups in total. The summed E-state index contributed by atoms with van der Waals surface area (Å²) in [4.78, 5) is 17.6. The van der Waals surface area contributed by atoms with Gasteiger partial charge in [0.2, 0.25) is 5.91 Å². The minimum absolute atomic E-state index is 0. The molecule has 2 atom stereocenters. The number of carbonyl (C=O) groups excluding carboxylic acids is 1. The van der Waals surface area contributed by atoms with Gasteiger partial charge in [-0.25, -0.2) is 0 Å². The molecule has 1 aliphatic heterocycles. The van der Waals surface area contributed by atoms with E-state index in [1.54, 1.807) is 12.1 Å². The lowest BCUT2D eigenvalue weighted by molar-refractivity contribution is -0.132. The van der Waals surface area contributed by atoms with Crippen LogP contribution in [-0.2, 0) is 17.6 Å². The van der Waals surface area contributed by atoms with E-state index in [9.17, 15) is 4.79 Å². The normalized spacial score (nSPS) is 21.2. The van der Waals surface area contributed by atoms with Crippen molar-refractivity contribution in [1.29, 1.82) is 0 Å². The van der Waals surface area contributed by atoms with Crippen LogP contribution in [0, 0.1) is 0 Å². The molecule has 0 bridgehead atoms. The maximum atomic E-state index is 13.1. The fraction of sp³-hybridized carbons (Fsp3) is 0.409. The van der Waals surface area contributed by atoms with Crippen LogP contribution in [-0.4, -0.2) is 41.9 Å². The molecule has 2 aliphatic rings. The number of benzene rings is 2. The van der Waals surface area contributed by atoms with E-state index in [0.717, 1.165) is 25.1 Å². The number of amides is 1. The highest BCUT2D eigenvalue weighted by molar-refractivity contribution is 6.42. The first-order valence-electron chi connectivity index (χ1n) is 9.56. The Morgan fingerprint density at radius 3 is 2.54 bits per heavy atom. The average Bonchev–Trinajstić information content (AvgIpc) is 3.31. The Morgan fingerprint density at radius 1 is 1.11 bits per heavy atom. The molecule has 0 saturated carbocycles. The van der Waals surface area contributed by atoms with Gasteiger partial charge < -0.3 is 4.90 Å². The number of fused-ring (bicyclic) bond motifs is 1. The number of hydrogen-bond acceptors (Lipinski definition) is 2. The fourth-order valence-electron chi connectivity index (χ4n) is 4.53. The summed E-state index contributed by atoms with van der Waals surface area (Å²) in [5, 5.41) is 1.01. The molecule has 6 heteroatoms. The second-order valence-corrected chi connectivity index (χ2v) is 8.40. The number of likely N-dealkylation sites (N-methyl/N-ethyl adjacent to an activating group) is 1. The third-order valence-electron chi connectivity index (χ3n) is 5.93. The first kappa shape index (κ1) is 21.4. The topological polar surface area (TPSA) is 23.6 Å². The number of hydrogen-bond donors (Lipinski definition) is 0. The molecule has 1 amide bonds. The van der Waals surface area contributed by atoms with Crippen molar-refractivity contribution in [2.24, 2.45) is 0 Å². The van der Waals surface area contributed by atoms with E-state index in [2.05, 4.69) is 29.2 Å². The highest BCUT2D eigenvalue weighted by Crippen LogP contribution is 2.39. The summed E-state index contributed by atoms with van der Waals surface area (Å²) in [7, 11) is 1.94. The predicted molar refractivity (Wildman–Crippen MR) is 118 cm³/mol. The maximum Gasteiger partial charge on any atom is 0.227 e. The highest BCUT2D eigenvalue weighted by atomic mass is 35.5. The van der Waals surface area contributed by atoms with Crippen LogP contribution in [0.2, 0.25) is 10.0 Å². The zero-order chi connectivity index (χ0) is 19.0. The van der Waals surface area contributed by atoms with Crippen LogP contribution >= 0.6 is 35.6 Å². The van der Waals surface area contributed by atoms with E-state index in [0.29, 0.717) is 22.5 Å². The van der Waals surface area contributed by atoms with Gasteiger partial charge in [-0.05, 0) is 61.2 Å². The van der Waals surface area contributed by atoms with E-state index < -0.39 is 0 Å². The van der Waals surface area contributed by atoms with Crippen molar-refractivity contribution in [2.45, 2.75) is 37.8 Å². The summed E-state index contributed by atoms with van der Waals surface area (Å²) < 4.78 is 0. The number of carbonyl (C=O) groups is 1. The minimum atomic E-state index is 0. The second-order valence-electron chi connectivity index (χ2n) is 7.59. The van der Waals surface area contributed by atoms with Gasteiger partial charge in [0.25, 0.3) is 0 Å². The number of halogens is 3. The lowest BCUT2D eigenvalue weighted by Crippen LogP contribution is -2.44. The van der Waals surface area contributed by atoms with Crippen molar-refractivity contribution in [3.63, 3.8) is 0 Å². The zero-order valence-corrected chi connectivity index (χ0v) is 18.2. The van der Waals surface area contributed by atoms with Crippen molar-refractivity contribution in [2.75, 3.05) is 20.1 Å². The summed E-state index contributed by atoms with van der Waals surface area (Å²) in [5.74, 6) is 0.110. The van der Waals surface area contributed by atoms with Crippen molar-refractivity contribution < 1.29 is 4.79 Å². The van der Waals surface area contributed by atoms with Crippen LogP contribution in [0.1, 0.15) is 35.6 Å². The smallest absolute Gasteiger partial charge is 0.227 e. The molecule has 1 aliphatic carbocycles. The molecule has 1 fully saturated rings. The highest BCUT2D eigenvalue weighted by Gasteiger charge is 2.40. The number of nitrogens with zero attached hydrogens (tertiary/aromatic N) is 2. The molecule has 150 valence electrons. The average molecular weight is 440 g/mol. The lowest BCUT2D eigenvalue weighted by Gasteiger charge is -2.35. The maximum absolute atomic E-state index is 13.1. The van der Waals surface area contributed by atoms with Crippen LogP contribution in [0.5, 0.6) is 0 Å². The van der Waals surface area contributed by atoms with Crippen molar-refractivity contribution in [3.8, 4) is 0 Å². The van der Waals surface area contributed by atoms with Gasteiger partial charge in [-0.2, -0.15) is 0 Å². The third kappa shape index (κ3) is 4.18. The Morgan fingerprint density at radius 2 is 1.82 bits per heavy atom. The molecule has 0 spiro atoms. The molecule has 0 aromatic heterocycles. The van der Waals surface area contributed by atoms with Gasteiger partial charge in [0.15, 0.2) is 0 Å². The standard InChI is InChI=1S/C22H24Cl2N2O.ClH/c1-25(21(27)13-15-8-9-18(23)19(24)12-15)22-17-7-3-2-6-16(17)14-20(22)26-10-4-5-11-26;/h2-3,6-9,12,20,22H,4-5,10-11,13-14H2,1H3;1H. The van der Waals surface area contributed by atoms with Gasteiger partial charge in [-0.3, -0.25) is 9.69 Å². The van der Waals surface area contributed by atoms with Gasteiger partial charge in [0.05, 0.1) is 22.5 Å². The van der Waals surface area contributed by atoms with E-state index >= 15 is 0 Å². The van der Waals surface area contributed by atoms with Gasteiger partial charge in [0, 0.05) is 13.1 Å². The second kappa shape index (κ2) is 9.04. The van der Waals surface area contributed by atoms with Gasteiger partial charge in [-0.1, -0.05) is 53.5 Å². The first-order valence-corrected chi connectivity index (χ1v) is 10.3. The molecule has 2 aromatic rings. The monoisotopic (exact) mass is 438 g/mol. The number of likely N-dealkylation sites (tertiary alicyclic amines) is 1. The van der Waals surface area contributed by atoms with Crippen molar-refractivity contribution in [1.82, 2.24) is 9.80 Å². The van der Waals surface area contributed by atoms with E-state index in [4.69, 9.17) is 23.2 Å². The van der Waals surface area contributed by atoms with Gasteiger partial charge in [0.1, 0.15) is 0 Å². The summed E-state index contributed by atoms with van der Waals surface area (Å²) >= 11 is 12.1. The van der Waals surface area contributed by atoms with E-state index in [1.807, 2.05) is 18.0 Å². The van der Waals surface area contributed by atoms with E-state index in [1.165, 1.54) is 24.0 Å². The molecule has 0 radical (unpaired) electrons. The molecule has 1 heterocycles. The fourth-order valence-corrected chi connectivity index (χ4v) is 4.85. The Kier molecular flexibility index (Phi) is 6.93. The third-order valence-corrected chi connectivity index (χ3v) is 6.67.